The molecule has 3 nitrogen and oxygen atoms in total. The fourth-order valence-corrected chi connectivity index (χ4v) is 7.43. The van der Waals surface area contributed by atoms with Gasteiger partial charge in [0.1, 0.15) is 17.2 Å². The first-order chi connectivity index (χ1) is 20.7. The maximum atomic E-state index is 11.8. The lowest BCUT2D eigenvalue weighted by Crippen LogP contribution is -2.22. The van der Waals surface area contributed by atoms with Gasteiger partial charge in [0.15, 0.2) is 0 Å². The molecule has 1 N–H and O–H groups in total. The quantitative estimate of drug-likeness (QED) is 0.230. The van der Waals surface area contributed by atoms with Crippen LogP contribution < -0.4 is 14.4 Å². The minimum Gasteiger partial charge on any atom is -0.507 e. The number of hydrogen-bond donors (Lipinski definition) is 1. The first kappa shape index (κ1) is 33.1. The number of phenols is 1. The van der Waals surface area contributed by atoms with Crippen molar-refractivity contribution in [3.05, 3.63) is 106 Å². The molecule has 1 aliphatic heterocycles. The van der Waals surface area contributed by atoms with Gasteiger partial charge < -0.3 is 14.2 Å². The van der Waals surface area contributed by atoms with Crippen LogP contribution in [0.4, 0.5) is 0 Å². The highest BCUT2D eigenvalue weighted by Gasteiger charge is 2.34. The van der Waals surface area contributed by atoms with Crippen LogP contribution in [0.25, 0.3) is 11.1 Å². The molecule has 238 valence electrons. The number of rotatable bonds is 4. The molecule has 4 aromatic rings. The molecule has 0 radical (unpaired) electrons. The largest absolute Gasteiger partial charge is 0.507 e. The van der Waals surface area contributed by atoms with Crippen LogP contribution in [0.3, 0.4) is 0 Å². The van der Waals surface area contributed by atoms with Crippen molar-refractivity contribution in [2.24, 2.45) is 0 Å². The fourth-order valence-electron chi connectivity index (χ4n) is 5.88. The lowest BCUT2D eigenvalue weighted by atomic mass is 9.76. The van der Waals surface area contributed by atoms with Crippen molar-refractivity contribution in [3.8, 4) is 28.4 Å². The number of para-hydroxylation sites is 1. The number of phenolic OH excluding ortho intramolecular Hbond substituents is 1. The summed E-state index contributed by atoms with van der Waals surface area (Å²) in [5.41, 5.74) is 8.28. The van der Waals surface area contributed by atoms with Crippen LogP contribution in [-0.2, 0) is 28.1 Å². The van der Waals surface area contributed by atoms with Crippen molar-refractivity contribution in [1.82, 2.24) is 0 Å². The highest BCUT2D eigenvalue weighted by molar-refractivity contribution is 7.57. The normalized spacial score (nSPS) is 15.2. The Hall–Kier alpha value is -3.29. The first-order valence-electron chi connectivity index (χ1n) is 16.1. The zero-order valence-electron chi connectivity index (χ0n) is 29.3. The molecule has 1 aliphatic rings. The molecule has 0 bridgehead atoms. The molecule has 45 heavy (non-hydrogen) atoms. The van der Waals surface area contributed by atoms with Gasteiger partial charge in [-0.25, -0.2) is 0 Å². The lowest BCUT2D eigenvalue weighted by molar-refractivity contribution is 0.438. The Bertz CT molecular complexity index is 1720. The zero-order valence-corrected chi connectivity index (χ0v) is 30.2. The van der Waals surface area contributed by atoms with Crippen molar-refractivity contribution in [2.75, 3.05) is 0 Å². The predicted molar refractivity (Wildman–Crippen MR) is 192 cm³/mol. The summed E-state index contributed by atoms with van der Waals surface area (Å²) in [5.74, 6) is 2.07. The van der Waals surface area contributed by atoms with Gasteiger partial charge >= 0.3 is 8.38 Å². The Kier molecular flexibility index (Phi) is 8.46. The molecule has 4 heteroatoms. The van der Waals surface area contributed by atoms with Crippen LogP contribution in [-0.4, -0.2) is 5.11 Å². The maximum Gasteiger partial charge on any atom is 0.326 e. The van der Waals surface area contributed by atoms with Crippen molar-refractivity contribution in [2.45, 2.75) is 111 Å². The second-order valence-electron chi connectivity index (χ2n) is 16.7. The third-order valence-electron chi connectivity index (χ3n) is 8.72. The van der Waals surface area contributed by atoms with Crippen molar-refractivity contribution in [3.63, 3.8) is 0 Å². The van der Waals surface area contributed by atoms with Gasteiger partial charge in [0, 0.05) is 17.5 Å². The van der Waals surface area contributed by atoms with E-state index in [4.69, 9.17) is 9.05 Å². The smallest absolute Gasteiger partial charge is 0.326 e. The van der Waals surface area contributed by atoms with Crippen molar-refractivity contribution in [1.29, 1.82) is 0 Å². The summed E-state index contributed by atoms with van der Waals surface area (Å²) in [5, 5.41) is 12.9. The van der Waals surface area contributed by atoms with E-state index >= 15 is 0 Å². The van der Waals surface area contributed by atoms with Gasteiger partial charge in [-0.2, -0.15) is 0 Å². The summed E-state index contributed by atoms with van der Waals surface area (Å²) in [6, 6.07) is 25.7. The van der Waals surface area contributed by atoms with E-state index in [0.717, 1.165) is 50.2 Å². The van der Waals surface area contributed by atoms with E-state index < -0.39 is 8.38 Å². The molecule has 0 aliphatic carbocycles. The Labute approximate surface area is 272 Å². The third-order valence-corrected chi connectivity index (χ3v) is 10.2. The number of hydrogen-bond acceptors (Lipinski definition) is 3. The summed E-state index contributed by atoms with van der Waals surface area (Å²) in [4.78, 5) is 0. The van der Waals surface area contributed by atoms with Crippen molar-refractivity contribution < 1.29 is 14.2 Å². The molecular formula is C41H51O3P. The van der Waals surface area contributed by atoms with Gasteiger partial charge in [-0.3, -0.25) is 0 Å². The van der Waals surface area contributed by atoms with E-state index in [1.54, 1.807) is 0 Å². The van der Waals surface area contributed by atoms with E-state index in [1.807, 2.05) is 12.1 Å². The average molecular weight is 623 g/mol. The van der Waals surface area contributed by atoms with E-state index in [0.29, 0.717) is 12.2 Å². The molecule has 0 spiro atoms. The molecule has 0 aromatic heterocycles. The molecule has 0 amide bonds. The fraction of sp³-hybridized carbons (Fsp3) is 0.415. The average Bonchev–Trinajstić information content (AvgIpc) is 2.92. The summed E-state index contributed by atoms with van der Waals surface area (Å²) >= 11 is 0. The van der Waals surface area contributed by atoms with Crippen LogP contribution >= 0.6 is 8.38 Å². The number of fused-ring (bicyclic) bond motifs is 3. The Morgan fingerprint density at radius 3 is 1.69 bits per heavy atom. The minimum absolute atomic E-state index is 0.0676. The first-order valence-corrected chi connectivity index (χ1v) is 17.3. The SMILES string of the molecule is CC(C)(C)c1cc(Cc2cc(C(C)(C)C)cc(C(C)(C)C)c2OP2Oc3ccccc3-c3ccccc32)c(O)c(C(C)(C)C)c1. The summed E-state index contributed by atoms with van der Waals surface area (Å²) in [6.07, 6.45) is 0.544. The van der Waals surface area contributed by atoms with E-state index in [-0.39, 0.29) is 21.7 Å². The number of benzene rings is 4. The highest BCUT2D eigenvalue weighted by atomic mass is 31.2. The van der Waals surface area contributed by atoms with Crippen molar-refractivity contribution >= 4 is 13.7 Å². The van der Waals surface area contributed by atoms with Gasteiger partial charge in [0.05, 0.1) is 5.30 Å². The predicted octanol–water partition coefficient (Wildman–Crippen LogP) is 11.2. The second-order valence-corrected chi connectivity index (χ2v) is 18.0. The molecule has 0 fully saturated rings. The van der Waals surface area contributed by atoms with Crippen LogP contribution in [0.1, 0.15) is 116 Å². The molecule has 4 aromatic carbocycles. The summed E-state index contributed by atoms with van der Waals surface area (Å²) in [7, 11) is -1.46. The zero-order chi connectivity index (χ0) is 33.1. The van der Waals surface area contributed by atoms with Gasteiger partial charge in [0.2, 0.25) is 0 Å². The van der Waals surface area contributed by atoms with E-state index in [9.17, 15) is 5.11 Å². The third kappa shape index (κ3) is 6.80. The highest BCUT2D eigenvalue weighted by Crippen LogP contribution is 2.52. The van der Waals surface area contributed by atoms with E-state index in [2.05, 4.69) is 144 Å². The molecular weight excluding hydrogens is 571 g/mol. The molecule has 0 saturated carbocycles. The molecule has 1 unspecified atom stereocenters. The van der Waals surface area contributed by atoms with Crippen LogP contribution in [0.2, 0.25) is 0 Å². The molecule has 1 heterocycles. The number of aromatic hydroxyl groups is 1. The summed E-state index contributed by atoms with van der Waals surface area (Å²) < 4.78 is 13.8. The second kappa shape index (κ2) is 11.5. The monoisotopic (exact) mass is 622 g/mol. The maximum absolute atomic E-state index is 11.8. The van der Waals surface area contributed by atoms with Crippen LogP contribution in [0.5, 0.6) is 17.2 Å². The minimum atomic E-state index is -1.46. The lowest BCUT2D eigenvalue weighted by Gasteiger charge is -2.33. The Morgan fingerprint density at radius 2 is 1.11 bits per heavy atom. The van der Waals surface area contributed by atoms with Gasteiger partial charge in [-0.05, 0) is 67.2 Å². The van der Waals surface area contributed by atoms with E-state index in [1.165, 1.54) is 11.1 Å². The van der Waals surface area contributed by atoms with Gasteiger partial charge in [0.25, 0.3) is 0 Å². The standard InChI is InChI=1S/C41H51O3P/c1-38(2,3)28-22-26(36(42)32(24-28)40(7,8)9)21-27-23-29(39(4,5)6)25-33(41(10,11)12)37(27)44-45-35-20-16-14-18-31(35)30-17-13-15-19-34(30)43-45/h13-20,22-25,42H,21H2,1-12H3. The Balaban J connectivity index is 1.74. The Morgan fingerprint density at radius 1 is 0.600 bits per heavy atom. The van der Waals surface area contributed by atoms with Crippen LogP contribution in [0, 0.1) is 0 Å². The molecule has 5 rings (SSSR count). The van der Waals surface area contributed by atoms with Gasteiger partial charge in [-0.15, -0.1) is 0 Å². The molecule has 0 saturated heterocycles. The van der Waals surface area contributed by atoms with Crippen LogP contribution in [0.15, 0.2) is 72.8 Å². The van der Waals surface area contributed by atoms with Gasteiger partial charge in [-0.1, -0.05) is 144 Å². The topological polar surface area (TPSA) is 38.7 Å². The molecule has 1 atom stereocenters. The summed E-state index contributed by atoms with van der Waals surface area (Å²) in [6.45, 7) is 26.7.